The zero-order valence-corrected chi connectivity index (χ0v) is 14.7. The van der Waals surface area contributed by atoms with Gasteiger partial charge in [-0.05, 0) is 45.3 Å². The van der Waals surface area contributed by atoms with Crippen molar-refractivity contribution in [3.63, 3.8) is 0 Å². The maximum Gasteiger partial charge on any atom is 0.417 e. The maximum atomic E-state index is 12.8. The van der Waals surface area contributed by atoms with E-state index in [1.54, 1.807) is 6.92 Å². The number of unbranched alkanes of at least 4 members (excludes halogenated alkanes) is 1. The SMILES string of the molecule is CCC(=O)NOC(CC1CCN(C)CC1)C(F)(F)F.CCCC. The van der Waals surface area contributed by atoms with Gasteiger partial charge in [0.25, 0.3) is 0 Å². The smallest absolute Gasteiger partial charge is 0.306 e. The van der Waals surface area contributed by atoms with Crippen LogP contribution >= 0.6 is 0 Å². The van der Waals surface area contributed by atoms with Crippen LogP contribution in [0, 0.1) is 5.92 Å². The normalized spacial score (nSPS) is 18.0. The van der Waals surface area contributed by atoms with Gasteiger partial charge in [-0.3, -0.25) is 9.63 Å². The second-order valence-corrected chi connectivity index (χ2v) is 6.01. The summed E-state index contributed by atoms with van der Waals surface area (Å²) in [5.74, 6) is -0.556. The Morgan fingerprint density at radius 2 is 1.74 bits per heavy atom. The Labute approximate surface area is 137 Å². The van der Waals surface area contributed by atoms with Gasteiger partial charge in [0.15, 0.2) is 6.10 Å². The van der Waals surface area contributed by atoms with Crippen LogP contribution < -0.4 is 5.48 Å². The number of rotatable bonds is 6. The van der Waals surface area contributed by atoms with Crippen LogP contribution in [0.15, 0.2) is 0 Å². The zero-order valence-electron chi connectivity index (χ0n) is 14.7. The highest BCUT2D eigenvalue weighted by Crippen LogP contribution is 2.31. The third-order valence-corrected chi connectivity index (χ3v) is 3.89. The highest BCUT2D eigenvalue weighted by molar-refractivity contribution is 5.74. The number of nitrogens with one attached hydrogen (secondary N) is 1. The van der Waals surface area contributed by atoms with E-state index in [4.69, 9.17) is 0 Å². The minimum absolute atomic E-state index is 0.0126. The number of hydroxylamine groups is 1. The molecule has 1 aliphatic rings. The molecule has 1 atom stereocenters. The molecule has 138 valence electrons. The summed E-state index contributed by atoms with van der Waals surface area (Å²) in [6.07, 6.45) is -2.27. The van der Waals surface area contributed by atoms with E-state index in [1.165, 1.54) is 12.8 Å². The molecule has 1 amide bonds. The molecule has 1 unspecified atom stereocenters. The summed E-state index contributed by atoms with van der Waals surface area (Å²) in [6.45, 7) is 7.52. The highest BCUT2D eigenvalue weighted by atomic mass is 19.4. The van der Waals surface area contributed by atoms with E-state index in [0.29, 0.717) is 0 Å². The van der Waals surface area contributed by atoms with Gasteiger partial charge in [0.1, 0.15) is 0 Å². The number of carbonyl (C=O) groups excluding carboxylic acids is 1. The van der Waals surface area contributed by atoms with Crippen molar-refractivity contribution in [2.75, 3.05) is 20.1 Å². The summed E-state index contributed by atoms with van der Waals surface area (Å²) in [7, 11) is 1.95. The number of piperidine rings is 1. The Kier molecular flexibility index (Phi) is 11.3. The lowest BCUT2D eigenvalue weighted by molar-refractivity contribution is -0.242. The van der Waals surface area contributed by atoms with Gasteiger partial charge in [-0.15, -0.1) is 0 Å². The fourth-order valence-electron chi connectivity index (χ4n) is 2.06. The number of amides is 1. The van der Waals surface area contributed by atoms with Gasteiger partial charge in [-0.1, -0.05) is 33.6 Å². The van der Waals surface area contributed by atoms with Gasteiger partial charge in [0.2, 0.25) is 5.91 Å². The lowest BCUT2D eigenvalue weighted by atomic mass is 9.91. The molecule has 0 spiro atoms. The van der Waals surface area contributed by atoms with Crippen LogP contribution in [0.3, 0.4) is 0 Å². The fraction of sp³-hybridized carbons (Fsp3) is 0.938. The summed E-state index contributed by atoms with van der Waals surface area (Å²) < 4.78 is 38.5. The average Bonchev–Trinajstić information content (AvgIpc) is 2.51. The van der Waals surface area contributed by atoms with Crippen LogP contribution in [0.4, 0.5) is 13.2 Å². The quantitative estimate of drug-likeness (QED) is 0.745. The van der Waals surface area contributed by atoms with E-state index in [9.17, 15) is 18.0 Å². The standard InChI is InChI=1S/C12H21F3N2O2.C4H10/c1-3-11(18)16-19-10(12(13,14)15)8-9-4-6-17(2)7-5-9;1-3-4-2/h9-10H,3-8H2,1-2H3,(H,16,18);3-4H2,1-2H3. The number of hydrogen-bond donors (Lipinski definition) is 1. The van der Waals surface area contributed by atoms with E-state index >= 15 is 0 Å². The Morgan fingerprint density at radius 1 is 1.22 bits per heavy atom. The first-order chi connectivity index (χ1) is 10.7. The fourth-order valence-corrected chi connectivity index (χ4v) is 2.06. The van der Waals surface area contributed by atoms with Crippen LogP contribution in [-0.4, -0.2) is 43.2 Å². The summed E-state index contributed by atoms with van der Waals surface area (Å²) in [5, 5.41) is 0. The molecule has 0 radical (unpaired) electrons. The predicted octanol–water partition coefficient (Wildman–Crippen LogP) is 3.91. The van der Waals surface area contributed by atoms with Crippen molar-refractivity contribution in [2.45, 2.75) is 71.6 Å². The molecule has 1 saturated heterocycles. The first-order valence-electron chi connectivity index (χ1n) is 8.44. The van der Waals surface area contributed by atoms with Gasteiger partial charge in [-0.25, -0.2) is 5.48 Å². The third-order valence-electron chi connectivity index (χ3n) is 3.89. The van der Waals surface area contributed by atoms with E-state index in [-0.39, 0.29) is 18.8 Å². The van der Waals surface area contributed by atoms with E-state index in [2.05, 4.69) is 23.6 Å². The van der Waals surface area contributed by atoms with E-state index in [0.717, 1.165) is 25.9 Å². The predicted molar refractivity (Wildman–Crippen MR) is 84.8 cm³/mol. The van der Waals surface area contributed by atoms with Crippen molar-refractivity contribution in [1.82, 2.24) is 10.4 Å². The van der Waals surface area contributed by atoms with Crippen LogP contribution in [0.2, 0.25) is 0 Å². The molecular weight excluding hydrogens is 309 g/mol. The summed E-state index contributed by atoms with van der Waals surface area (Å²) in [4.78, 5) is 17.6. The molecule has 0 bridgehead atoms. The van der Waals surface area contributed by atoms with Gasteiger partial charge < -0.3 is 4.90 Å². The van der Waals surface area contributed by atoms with Crippen molar-refractivity contribution in [3.05, 3.63) is 0 Å². The molecule has 0 aromatic rings. The maximum absolute atomic E-state index is 12.8. The van der Waals surface area contributed by atoms with Crippen LogP contribution in [-0.2, 0) is 9.63 Å². The van der Waals surface area contributed by atoms with Gasteiger partial charge >= 0.3 is 6.18 Å². The van der Waals surface area contributed by atoms with Crippen LogP contribution in [0.5, 0.6) is 0 Å². The topological polar surface area (TPSA) is 41.6 Å². The molecule has 1 heterocycles. The molecule has 4 nitrogen and oxygen atoms in total. The van der Waals surface area contributed by atoms with Crippen LogP contribution in [0.1, 0.15) is 59.3 Å². The average molecular weight is 340 g/mol. The molecule has 1 N–H and O–H groups in total. The minimum Gasteiger partial charge on any atom is -0.306 e. The number of nitrogens with zero attached hydrogens (tertiary/aromatic N) is 1. The largest absolute Gasteiger partial charge is 0.417 e. The summed E-state index contributed by atoms with van der Waals surface area (Å²) in [5.41, 5.74) is 1.87. The number of likely N-dealkylation sites (tertiary alicyclic amines) is 1. The molecule has 0 aliphatic carbocycles. The number of carbonyl (C=O) groups is 1. The van der Waals surface area contributed by atoms with Crippen molar-refractivity contribution in [3.8, 4) is 0 Å². The van der Waals surface area contributed by atoms with Gasteiger partial charge in [0.05, 0.1) is 0 Å². The third kappa shape index (κ3) is 10.5. The second-order valence-electron chi connectivity index (χ2n) is 6.01. The van der Waals surface area contributed by atoms with Crippen LogP contribution in [0.25, 0.3) is 0 Å². The molecule has 1 fully saturated rings. The molecular formula is C16H31F3N2O2. The molecule has 0 aromatic heterocycles. The Hall–Kier alpha value is -0.820. The Balaban J connectivity index is 0.00000108. The summed E-state index contributed by atoms with van der Waals surface area (Å²) in [6, 6.07) is 0. The van der Waals surface area contributed by atoms with Gasteiger partial charge in [-0.2, -0.15) is 13.2 Å². The first-order valence-corrected chi connectivity index (χ1v) is 8.44. The van der Waals surface area contributed by atoms with Crippen molar-refractivity contribution >= 4 is 5.91 Å². The lowest BCUT2D eigenvalue weighted by Crippen LogP contribution is -2.41. The molecule has 1 aliphatic heterocycles. The number of alkyl halides is 3. The Morgan fingerprint density at radius 3 is 2.13 bits per heavy atom. The minimum atomic E-state index is -4.45. The number of halogens is 3. The van der Waals surface area contributed by atoms with Crippen molar-refractivity contribution in [1.29, 1.82) is 0 Å². The molecule has 23 heavy (non-hydrogen) atoms. The molecule has 7 heteroatoms. The monoisotopic (exact) mass is 340 g/mol. The molecule has 1 rings (SSSR count). The van der Waals surface area contributed by atoms with Gasteiger partial charge in [0, 0.05) is 6.42 Å². The van der Waals surface area contributed by atoms with E-state index < -0.39 is 18.2 Å². The van der Waals surface area contributed by atoms with Crippen molar-refractivity contribution < 1.29 is 22.8 Å². The molecule has 0 aromatic carbocycles. The number of hydrogen-bond acceptors (Lipinski definition) is 3. The lowest BCUT2D eigenvalue weighted by Gasteiger charge is -2.31. The highest BCUT2D eigenvalue weighted by Gasteiger charge is 2.43. The zero-order chi connectivity index (χ0) is 17.9. The van der Waals surface area contributed by atoms with E-state index in [1.807, 2.05) is 12.5 Å². The summed E-state index contributed by atoms with van der Waals surface area (Å²) >= 11 is 0. The Bertz CT molecular complexity index is 315. The first kappa shape index (κ1) is 22.2. The van der Waals surface area contributed by atoms with Crippen molar-refractivity contribution in [2.24, 2.45) is 5.92 Å². The second kappa shape index (κ2) is 11.7. The molecule has 0 saturated carbocycles.